The minimum Gasteiger partial charge on any atom is -0.399 e. The first-order valence-electron chi connectivity index (χ1n) is 3.87. The van der Waals surface area contributed by atoms with Crippen molar-refractivity contribution in [1.29, 1.82) is 0 Å². The number of hydrogen-bond donors (Lipinski definition) is 3. The topological polar surface area (TPSA) is 72.3 Å². The Morgan fingerprint density at radius 2 is 2.17 bits per heavy atom. The summed E-state index contributed by atoms with van der Waals surface area (Å²) in [6.07, 6.45) is 0. The van der Waals surface area contributed by atoms with Gasteiger partial charge in [-0.3, -0.25) is 0 Å². The molecule has 3 heteroatoms. The van der Waals surface area contributed by atoms with E-state index in [2.05, 4.69) is 0 Å². The summed E-state index contributed by atoms with van der Waals surface area (Å²) < 4.78 is 0. The molecule has 0 fully saturated rings. The van der Waals surface area contributed by atoms with Crippen LogP contribution in [-0.4, -0.2) is 11.7 Å². The molecular weight excluding hydrogens is 152 g/mol. The molecule has 1 atom stereocenters. The van der Waals surface area contributed by atoms with E-state index in [4.69, 9.17) is 16.6 Å². The molecule has 0 aliphatic heterocycles. The third kappa shape index (κ3) is 1.75. The second kappa shape index (κ2) is 3.56. The van der Waals surface area contributed by atoms with Crippen LogP contribution in [0.4, 0.5) is 5.69 Å². The third-order valence-corrected chi connectivity index (χ3v) is 1.89. The number of benzene rings is 1. The van der Waals surface area contributed by atoms with E-state index in [9.17, 15) is 0 Å². The molecule has 0 aliphatic rings. The maximum atomic E-state index is 8.83. The van der Waals surface area contributed by atoms with Crippen LogP contribution in [0, 0.1) is 6.92 Å². The number of rotatable bonds is 2. The molecule has 1 rings (SSSR count). The summed E-state index contributed by atoms with van der Waals surface area (Å²) in [6.45, 7) is 1.89. The number of aliphatic hydroxyl groups is 1. The van der Waals surface area contributed by atoms with Gasteiger partial charge in [-0.25, -0.2) is 0 Å². The maximum Gasteiger partial charge on any atom is 0.0624 e. The summed E-state index contributed by atoms with van der Waals surface area (Å²) in [5.41, 5.74) is 13.9. The summed E-state index contributed by atoms with van der Waals surface area (Å²) in [7, 11) is 0. The zero-order valence-corrected chi connectivity index (χ0v) is 7.12. The van der Waals surface area contributed by atoms with E-state index in [0.717, 1.165) is 16.8 Å². The zero-order chi connectivity index (χ0) is 9.14. The van der Waals surface area contributed by atoms with Crippen molar-refractivity contribution in [1.82, 2.24) is 0 Å². The Balaban J connectivity index is 3.01. The lowest BCUT2D eigenvalue weighted by Crippen LogP contribution is -2.15. The van der Waals surface area contributed by atoms with E-state index in [1.54, 1.807) is 6.07 Å². The molecule has 12 heavy (non-hydrogen) atoms. The molecule has 66 valence electrons. The number of nitrogen functional groups attached to an aromatic ring is 1. The maximum absolute atomic E-state index is 8.83. The summed E-state index contributed by atoms with van der Waals surface area (Å²) in [5, 5.41) is 8.83. The minimum atomic E-state index is -0.300. The highest BCUT2D eigenvalue weighted by Crippen LogP contribution is 2.17. The van der Waals surface area contributed by atoms with Crippen molar-refractivity contribution in [3.63, 3.8) is 0 Å². The van der Waals surface area contributed by atoms with Crippen LogP contribution >= 0.6 is 0 Å². The predicted molar refractivity (Wildman–Crippen MR) is 49.6 cm³/mol. The molecule has 0 saturated carbocycles. The Kier molecular flexibility index (Phi) is 2.68. The Labute approximate surface area is 72.0 Å². The second-order valence-corrected chi connectivity index (χ2v) is 2.91. The normalized spacial score (nSPS) is 12.9. The fraction of sp³-hybridized carbons (Fsp3) is 0.333. The summed E-state index contributed by atoms with van der Waals surface area (Å²) >= 11 is 0. The van der Waals surface area contributed by atoms with E-state index in [1.165, 1.54) is 0 Å². The van der Waals surface area contributed by atoms with E-state index < -0.39 is 0 Å². The van der Waals surface area contributed by atoms with Gasteiger partial charge in [0.15, 0.2) is 0 Å². The van der Waals surface area contributed by atoms with Gasteiger partial charge in [-0.1, -0.05) is 6.07 Å². The van der Waals surface area contributed by atoms with Gasteiger partial charge in [0.2, 0.25) is 0 Å². The predicted octanol–water partition coefficient (Wildman–Crippen LogP) is 0.569. The quantitative estimate of drug-likeness (QED) is 0.562. The fourth-order valence-electron chi connectivity index (χ4n) is 1.21. The number of aliphatic hydroxyl groups excluding tert-OH is 1. The van der Waals surface area contributed by atoms with Gasteiger partial charge in [-0.15, -0.1) is 0 Å². The molecule has 5 N–H and O–H groups in total. The molecule has 0 spiro atoms. The molecule has 3 nitrogen and oxygen atoms in total. The highest BCUT2D eigenvalue weighted by Gasteiger charge is 2.06. The number of nitrogens with two attached hydrogens (primary N) is 2. The van der Waals surface area contributed by atoms with Crippen molar-refractivity contribution in [3.05, 3.63) is 29.3 Å². The molecule has 0 amide bonds. The van der Waals surface area contributed by atoms with Crippen LogP contribution < -0.4 is 11.5 Å². The smallest absolute Gasteiger partial charge is 0.0624 e. The molecule has 0 bridgehead atoms. The van der Waals surface area contributed by atoms with Crippen LogP contribution in [-0.2, 0) is 0 Å². The average molecular weight is 166 g/mol. The summed E-state index contributed by atoms with van der Waals surface area (Å²) in [5.74, 6) is 0. The molecule has 0 saturated heterocycles. The van der Waals surface area contributed by atoms with Crippen LogP contribution in [0.1, 0.15) is 17.2 Å². The second-order valence-electron chi connectivity index (χ2n) is 2.91. The molecule has 0 heterocycles. The van der Waals surface area contributed by atoms with Crippen molar-refractivity contribution in [2.24, 2.45) is 5.73 Å². The van der Waals surface area contributed by atoms with Gasteiger partial charge in [0.25, 0.3) is 0 Å². The first kappa shape index (κ1) is 9.03. The van der Waals surface area contributed by atoms with Gasteiger partial charge >= 0.3 is 0 Å². The average Bonchev–Trinajstić information content (AvgIpc) is 2.03. The van der Waals surface area contributed by atoms with Crippen LogP contribution in [0.25, 0.3) is 0 Å². The molecule has 1 unspecified atom stereocenters. The Hall–Kier alpha value is -1.06. The third-order valence-electron chi connectivity index (χ3n) is 1.89. The first-order valence-corrected chi connectivity index (χ1v) is 3.87. The van der Waals surface area contributed by atoms with E-state index >= 15 is 0 Å². The van der Waals surface area contributed by atoms with Gasteiger partial charge in [0, 0.05) is 5.69 Å². The minimum absolute atomic E-state index is 0.0369. The Bertz CT molecular complexity index is 273. The van der Waals surface area contributed by atoms with Crippen molar-refractivity contribution >= 4 is 5.69 Å². The number of aryl methyl sites for hydroxylation is 1. The van der Waals surface area contributed by atoms with E-state index in [1.807, 2.05) is 19.1 Å². The zero-order valence-electron chi connectivity index (χ0n) is 7.12. The van der Waals surface area contributed by atoms with Crippen molar-refractivity contribution in [3.8, 4) is 0 Å². The van der Waals surface area contributed by atoms with Gasteiger partial charge in [0.1, 0.15) is 0 Å². The van der Waals surface area contributed by atoms with Crippen molar-refractivity contribution in [2.45, 2.75) is 13.0 Å². The van der Waals surface area contributed by atoms with Crippen molar-refractivity contribution in [2.75, 3.05) is 12.3 Å². The number of hydrogen-bond acceptors (Lipinski definition) is 3. The van der Waals surface area contributed by atoms with Gasteiger partial charge in [-0.2, -0.15) is 0 Å². The van der Waals surface area contributed by atoms with Gasteiger partial charge in [0.05, 0.1) is 12.6 Å². The highest BCUT2D eigenvalue weighted by molar-refractivity contribution is 5.45. The molecular formula is C9H14N2O. The van der Waals surface area contributed by atoms with Crippen LogP contribution in [0.3, 0.4) is 0 Å². The lowest BCUT2D eigenvalue weighted by molar-refractivity contribution is 0.267. The van der Waals surface area contributed by atoms with Gasteiger partial charge < -0.3 is 16.6 Å². The van der Waals surface area contributed by atoms with Gasteiger partial charge in [-0.05, 0) is 30.2 Å². The fourth-order valence-corrected chi connectivity index (χ4v) is 1.21. The summed E-state index contributed by atoms with van der Waals surface area (Å²) in [6, 6.07) is 5.19. The van der Waals surface area contributed by atoms with Crippen LogP contribution in [0.2, 0.25) is 0 Å². The molecule has 0 aromatic heterocycles. The Morgan fingerprint density at radius 1 is 1.50 bits per heavy atom. The lowest BCUT2D eigenvalue weighted by Gasteiger charge is -2.11. The standard InChI is InChI=1S/C9H14N2O/c1-6-4-7(10)2-3-8(6)9(11)5-12/h2-4,9,12H,5,10-11H2,1H3. The van der Waals surface area contributed by atoms with E-state index in [0.29, 0.717) is 0 Å². The van der Waals surface area contributed by atoms with Crippen LogP contribution in [0.5, 0.6) is 0 Å². The lowest BCUT2D eigenvalue weighted by atomic mass is 10.0. The molecule has 0 aliphatic carbocycles. The van der Waals surface area contributed by atoms with E-state index in [-0.39, 0.29) is 12.6 Å². The SMILES string of the molecule is Cc1cc(N)ccc1C(N)CO. The number of anilines is 1. The van der Waals surface area contributed by atoms with Crippen molar-refractivity contribution < 1.29 is 5.11 Å². The first-order chi connectivity index (χ1) is 5.65. The molecule has 0 radical (unpaired) electrons. The molecule has 1 aromatic carbocycles. The highest BCUT2D eigenvalue weighted by atomic mass is 16.3. The molecule has 1 aromatic rings. The largest absolute Gasteiger partial charge is 0.399 e. The Morgan fingerprint density at radius 3 is 2.67 bits per heavy atom. The van der Waals surface area contributed by atoms with Crippen LogP contribution in [0.15, 0.2) is 18.2 Å². The monoisotopic (exact) mass is 166 g/mol. The summed E-state index contributed by atoms with van der Waals surface area (Å²) in [4.78, 5) is 0.